The first-order valence-corrected chi connectivity index (χ1v) is 7.14. The molecule has 4 nitrogen and oxygen atoms in total. The number of hydrogen-bond acceptors (Lipinski definition) is 3. The highest BCUT2D eigenvalue weighted by atomic mass is 35.5. The third-order valence-electron chi connectivity index (χ3n) is 2.96. The molecule has 1 N–H and O–H groups in total. The Labute approximate surface area is 136 Å². The van der Waals surface area contributed by atoms with E-state index in [4.69, 9.17) is 34.8 Å². The number of halogens is 3. The van der Waals surface area contributed by atoms with E-state index in [0.717, 1.165) is 5.56 Å². The summed E-state index contributed by atoms with van der Waals surface area (Å²) >= 11 is 18.0. The molecular formula is C14H11Cl3N2O2. The van der Waals surface area contributed by atoms with Gasteiger partial charge in [0.1, 0.15) is 0 Å². The average molecular weight is 346 g/mol. The van der Waals surface area contributed by atoms with Crippen molar-refractivity contribution in [3.8, 4) is 0 Å². The highest BCUT2D eigenvalue weighted by Gasteiger charge is 2.14. The summed E-state index contributed by atoms with van der Waals surface area (Å²) in [5.41, 5.74) is 1.95. The van der Waals surface area contributed by atoms with Crippen molar-refractivity contribution < 1.29 is 4.92 Å². The van der Waals surface area contributed by atoms with E-state index in [2.05, 4.69) is 5.32 Å². The van der Waals surface area contributed by atoms with E-state index in [-0.39, 0.29) is 12.2 Å². The first-order valence-electron chi connectivity index (χ1n) is 6.01. The van der Waals surface area contributed by atoms with Gasteiger partial charge in [0.2, 0.25) is 0 Å². The van der Waals surface area contributed by atoms with Crippen LogP contribution in [-0.4, -0.2) is 4.92 Å². The van der Waals surface area contributed by atoms with Gasteiger partial charge in [-0.15, -0.1) is 0 Å². The van der Waals surface area contributed by atoms with Gasteiger partial charge in [0.25, 0.3) is 5.69 Å². The highest BCUT2D eigenvalue weighted by Crippen LogP contribution is 2.30. The molecule has 0 fully saturated rings. The Hall–Kier alpha value is -1.49. The molecule has 0 aliphatic heterocycles. The van der Waals surface area contributed by atoms with Crippen molar-refractivity contribution in [1.29, 1.82) is 0 Å². The molecule has 2 aromatic rings. The average Bonchev–Trinajstić information content (AvgIpc) is 2.41. The first-order chi connectivity index (χ1) is 9.88. The van der Waals surface area contributed by atoms with Gasteiger partial charge in [-0.25, -0.2) is 0 Å². The van der Waals surface area contributed by atoms with Crippen LogP contribution in [0.15, 0.2) is 30.3 Å². The Morgan fingerprint density at radius 2 is 1.86 bits per heavy atom. The quantitative estimate of drug-likeness (QED) is 0.590. The summed E-state index contributed by atoms with van der Waals surface area (Å²) in [6.45, 7) is 2.07. The van der Waals surface area contributed by atoms with Crippen molar-refractivity contribution in [3.05, 3.63) is 66.6 Å². The summed E-state index contributed by atoms with van der Waals surface area (Å²) < 4.78 is 0. The van der Waals surface area contributed by atoms with Crippen LogP contribution >= 0.6 is 34.8 Å². The number of nitro groups is 1. The minimum Gasteiger partial charge on any atom is -0.379 e. The standard InChI is InChI=1S/C14H11Cl3N2O2/c1-8-4-12(17)13(6-11(8)16)18-7-9-5-10(15)2-3-14(9)19(20)21/h2-6,18H,7H2,1H3. The minimum absolute atomic E-state index is 0.00114. The molecule has 21 heavy (non-hydrogen) atoms. The molecule has 0 atom stereocenters. The fourth-order valence-corrected chi connectivity index (χ4v) is 2.49. The number of nitro benzene ring substituents is 1. The highest BCUT2D eigenvalue weighted by molar-refractivity contribution is 6.35. The summed E-state index contributed by atoms with van der Waals surface area (Å²) in [5, 5.41) is 15.5. The Kier molecular flexibility index (Phi) is 4.93. The van der Waals surface area contributed by atoms with Crippen molar-refractivity contribution >= 4 is 46.2 Å². The Morgan fingerprint density at radius 1 is 1.14 bits per heavy atom. The zero-order chi connectivity index (χ0) is 15.6. The maximum atomic E-state index is 11.0. The van der Waals surface area contributed by atoms with Gasteiger partial charge in [-0.2, -0.15) is 0 Å². The lowest BCUT2D eigenvalue weighted by molar-refractivity contribution is -0.385. The van der Waals surface area contributed by atoms with Crippen LogP contribution < -0.4 is 5.32 Å². The number of anilines is 1. The SMILES string of the molecule is Cc1cc(Cl)c(NCc2cc(Cl)ccc2[N+](=O)[O-])cc1Cl. The van der Waals surface area contributed by atoms with Gasteiger partial charge < -0.3 is 5.32 Å². The van der Waals surface area contributed by atoms with E-state index < -0.39 is 4.92 Å². The van der Waals surface area contributed by atoms with E-state index in [1.54, 1.807) is 18.2 Å². The lowest BCUT2D eigenvalue weighted by Gasteiger charge is -2.11. The molecule has 0 saturated carbocycles. The molecule has 0 saturated heterocycles. The van der Waals surface area contributed by atoms with E-state index in [0.29, 0.717) is 26.3 Å². The lowest BCUT2D eigenvalue weighted by atomic mass is 10.1. The van der Waals surface area contributed by atoms with E-state index in [1.807, 2.05) is 6.92 Å². The normalized spacial score (nSPS) is 10.5. The van der Waals surface area contributed by atoms with Gasteiger partial charge >= 0.3 is 0 Å². The molecule has 0 spiro atoms. The second-order valence-corrected chi connectivity index (χ2v) is 5.72. The fraction of sp³-hybridized carbons (Fsp3) is 0.143. The zero-order valence-electron chi connectivity index (χ0n) is 11.0. The molecule has 0 bridgehead atoms. The molecule has 0 aliphatic carbocycles. The van der Waals surface area contributed by atoms with Crippen molar-refractivity contribution in [2.45, 2.75) is 13.5 Å². The molecule has 7 heteroatoms. The fourth-order valence-electron chi connectivity index (χ4n) is 1.85. The van der Waals surface area contributed by atoms with Crippen LogP contribution in [-0.2, 0) is 6.54 Å². The lowest BCUT2D eigenvalue weighted by Crippen LogP contribution is -2.04. The molecule has 0 amide bonds. The van der Waals surface area contributed by atoms with Crippen LogP contribution in [0.4, 0.5) is 11.4 Å². The van der Waals surface area contributed by atoms with Crippen LogP contribution in [0.5, 0.6) is 0 Å². The van der Waals surface area contributed by atoms with Crippen LogP contribution in [0.1, 0.15) is 11.1 Å². The molecule has 0 aliphatic rings. The number of rotatable bonds is 4. The summed E-state index contributed by atoms with van der Waals surface area (Å²) in [7, 11) is 0. The smallest absolute Gasteiger partial charge is 0.274 e. The molecule has 0 radical (unpaired) electrons. The maximum Gasteiger partial charge on any atom is 0.274 e. The Morgan fingerprint density at radius 3 is 2.52 bits per heavy atom. The predicted octanol–water partition coefficient (Wildman–Crippen LogP) is 5.48. The molecule has 110 valence electrons. The molecule has 2 rings (SSSR count). The van der Waals surface area contributed by atoms with Crippen LogP contribution in [0.25, 0.3) is 0 Å². The van der Waals surface area contributed by atoms with Gasteiger partial charge in [0.05, 0.1) is 21.2 Å². The van der Waals surface area contributed by atoms with E-state index in [9.17, 15) is 10.1 Å². The number of nitrogens with one attached hydrogen (secondary N) is 1. The van der Waals surface area contributed by atoms with Crippen LogP contribution in [0.3, 0.4) is 0 Å². The van der Waals surface area contributed by atoms with Crippen molar-refractivity contribution in [2.75, 3.05) is 5.32 Å². The van der Waals surface area contributed by atoms with Crippen LogP contribution in [0, 0.1) is 17.0 Å². The number of nitrogens with zero attached hydrogens (tertiary/aromatic N) is 1. The third kappa shape index (κ3) is 3.79. The van der Waals surface area contributed by atoms with Crippen LogP contribution in [0.2, 0.25) is 15.1 Å². The van der Waals surface area contributed by atoms with E-state index in [1.165, 1.54) is 12.1 Å². The summed E-state index contributed by atoms with van der Waals surface area (Å²) in [5.74, 6) is 0. The molecular weight excluding hydrogens is 335 g/mol. The van der Waals surface area contributed by atoms with Gasteiger partial charge in [-0.05, 0) is 36.8 Å². The summed E-state index contributed by atoms with van der Waals surface area (Å²) in [6.07, 6.45) is 0. The summed E-state index contributed by atoms with van der Waals surface area (Å²) in [6, 6.07) is 7.84. The first kappa shape index (κ1) is 15.9. The second kappa shape index (κ2) is 6.52. The molecule has 0 heterocycles. The van der Waals surface area contributed by atoms with Gasteiger partial charge in [-0.3, -0.25) is 10.1 Å². The van der Waals surface area contributed by atoms with E-state index >= 15 is 0 Å². The minimum atomic E-state index is -0.447. The maximum absolute atomic E-state index is 11.0. The van der Waals surface area contributed by atoms with Crippen molar-refractivity contribution in [3.63, 3.8) is 0 Å². The topological polar surface area (TPSA) is 55.2 Å². The Bertz CT molecular complexity index is 705. The summed E-state index contributed by atoms with van der Waals surface area (Å²) in [4.78, 5) is 10.6. The van der Waals surface area contributed by atoms with Gasteiger partial charge in [-0.1, -0.05) is 34.8 Å². The number of hydrogen-bond donors (Lipinski definition) is 1. The predicted molar refractivity (Wildman–Crippen MR) is 86.6 cm³/mol. The van der Waals surface area contributed by atoms with Gasteiger partial charge in [0.15, 0.2) is 0 Å². The third-order valence-corrected chi connectivity index (χ3v) is 3.91. The number of aryl methyl sites for hydroxylation is 1. The molecule has 2 aromatic carbocycles. The largest absolute Gasteiger partial charge is 0.379 e. The molecule has 0 unspecified atom stereocenters. The van der Waals surface area contributed by atoms with Gasteiger partial charge in [0, 0.05) is 22.7 Å². The monoisotopic (exact) mass is 344 g/mol. The number of benzene rings is 2. The van der Waals surface area contributed by atoms with Crippen molar-refractivity contribution in [1.82, 2.24) is 0 Å². The zero-order valence-corrected chi connectivity index (χ0v) is 13.3. The van der Waals surface area contributed by atoms with Crippen molar-refractivity contribution in [2.24, 2.45) is 0 Å². The Balaban J connectivity index is 2.26. The second-order valence-electron chi connectivity index (χ2n) is 4.46. The molecule has 0 aromatic heterocycles.